The van der Waals surface area contributed by atoms with E-state index in [9.17, 15) is 13.2 Å². The molecule has 1 atom stereocenters. The first-order valence-electron chi connectivity index (χ1n) is 6.05. The second-order valence-corrected chi connectivity index (χ2v) is 6.56. The van der Waals surface area contributed by atoms with Crippen molar-refractivity contribution in [2.75, 3.05) is 20.2 Å². The van der Waals surface area contributed by atoms with Gasteiger partial charge in [0.05, 0.1) is 17.6 Å². The van der Waals surface area contributed by atoms with Gasteiger partial charge < -0.3 is 10.1 Å². The molecule has 0 radical (unpaired) electrons. The van der Waals surface area contributed by atoms with Crippen LogP contribution in [0.25, 0.3) is 0 Å². The number of benzene rings is 1. The number of halogens is 1. The Kier molecular flexibility index (Phi) is 4.64. The molecule has 6 nitrogen and oxygen atoms in total. The normalized spacial score (nSPS) is 19.0. The lowest BCUT2D eigenvalue weighted by Gasteiger charge is -2.14. The first kappa shape index (κ1) is 15.2. The summed E-state index contributed by atoms with van der Waals surface area (Å²) in [4.78, 5) is 11.6. The molecule has 1 heterocycles. The van der Waals surface area contributed by atoms with Gasteiger partial charge in [-0.05, 0) is 31.2 Å². The average Bonchev–Trinajstić information content (AvgIpc) is 2.89. The molecular formula is C12H15ClN2O4S. The number of carbonyl (C=O) groups is 1. The summed E-state index contributed by atoms with van der Waals surface area (Å²) < 4.78 is 31.9. The Balaban J connectivity index is 2.37. The van der Waals surface area contributed by atoms with Crippen LogP contribution in [0.2, 0.25) is 5.02 Å². The highest BCUT2D eigenvalue weighted by atomic mass is 35.5. The smallest absolute Gasteiger partial charge is 0.339 e. The highest BCUT2D eigenvalue weighted by Gasteiger charge is 2.27. The Morgan fingerprint density at radius 2 is 2.25 bits per heavy atom. The average molecular weight is 319 g/mol. The Labute approximate surface area is 122 Å². The van der Waals surface area contributed by atoms with Gasteiger partial charge in [0.25, 0.3) is 0 Å². The lowest BCUT2D eigenvalue weighted by atomic mass is 10.2. The number of hydrogen-bond acceptors (Lipinski definition) is 5. The highest BCUT2D eigenvalue weighted by Crippen LogP contribution is 2.22. The number of methoxy groups -OCH3 is 1. The summed E-state index contributed by atoms with van der Waals surface area (Å²) in [7, 11) is -2.61. The topological polar surface area (TPSA) is 84.5 Å². The summed E-state index contributed by atoms with van der Waals surface area (Å²) in [6.07, 6.45) is 0.709. The van der Waals surface area contributed by atoms with E-state index in [2.05, 4.69) is 14.8 Å². The van der Waals surface area contributed by atoms with E-state index >= 15 is 0 Å². The van der Waals surface area contributed by atoms with E-state index in [1.165, 1.54) is 25.3 Å². The Bertz CT molecular complexity index is 612. The summed E-state index contributed by atoms with van der Waals surface area (Å²) in [5.74, 6) is -0.738. The van der Waals surface area contributed by atoms with E-state index in [1.807, 2.05) is 0 Å². The predicted octanol–water partition coefficient (Wildman–Crippen LogP) is 0.767. The molecule has 20 heavy (non-hydrogen) atoms. The van der Waals surface area contributed by atoms with Crippen molar-refractivity contribution in [1.82, 2.24) is 10.0 Å². The van der Waals surface area contributed by atoms with Gasteiger partial charge in [0, 0.05) is 17.6 Å². The van der Waals surface area contributed by atoms with E-state index in [1.54, 1.807) is 0 Å². The molecule has 0 saturated carbocycles. The molecule has 2 rings (SSSR count). The van der Waals surface area contributed by atoms with Crippen molar-refractivity contribution < 1.29 is 17.9 Å². The standard InChI is InChI=1S/C12H15ClN2O4S/c1-19-12(16)10-6-8(13)2-3-11(10)20(17,18)15-9-4-5-14-7-9/h2-3,6,9,14-15H,4-5,7H2,1H3. The van der Waals surface area contributed by atoms with Gasteiger partial charge in [-0.2, -0.15) is 0 Å². The second-order valence-electron chi connectivity index (χ2n) is 4.44. The van der Waals surface area contributed by atoms with E-state index in [4.69, 9.17) is 11.6 Å². The SMILES string of the molecule is COC(=O)c1cc(Cl)ccc1S(=O)(=O)NC1CCNC1. The van der Waals surface area contributed by atoms with Crippen molar-refractivity contribution in [2.45, 2.75) is 17.4 Å². The largest absolute Gasteiger partial charge is 0.465 e. The zero-order valence-corrected chi connectivity index (χ0v) is 12.4. The molecule has 1 aromatic carbocycles. The third kappa shape index (κ3) is 3.29. The van der Waals surface area contributed by atoms with Crippen LogP contribution in [-0.2, 0) is 14.8 Å². The molecule has 2 N–H and O–H groups in total. The fourth-order valence-electron chi connectivity index (χ4n) is 2.04. The molecule has 0 aromatic heterocycles. The highest BCUT2D eigenvalue weighted by molar-refractivity contribution is 7.89. The summed E-state index contributed by atoms with van der Waals surface area (Å²) in [5, 5.41) is 3.33. The number of hydrogen-bond donors (Lipinski definition) is 2. The molecule has 8 heteroatoms. The van der Waals surface area contributed by atoms with Crippen molar-refractivity contribution >= 4 is 27.6 Å². The molecule has 0 bridgehead atoms. The van der Waals surface area contributed by atoms with Crippen molar-refractivity contribution in [2.24, 2.45) is 0 Å². The van der Waals surface area contributed by atoms with Gasteiger partial charge in [0.15, 0.2) is 0 Å². The molecular weight excluding hydrogens is 304 g/mol. The maximum Gasteiger partial charge on any atom is 0.339 e. The molecule has 1 aliphatic rings. The van der Waals surface area contributed by atoms with Crippen LogP contribution in [0.3, 0.4) is 0 Å². The molecule has 0 amide bonds. The van der Waals surface area contributed by atoms with E-state index < -0.39 is 16.0 Å². The van der Waals surface area contributed by atoms with Gasteiger partial charge >= 0.3 is 5.97 Å². The van der Waals surface area contributed by atoms with Gasteiger partial charge in [-0.1, -0.05) is 11.6 Å². The quantitative estimate of drug-likeness (QED) is 0.801. The van der Waals surface area contributed by atoms with Crippen molar-refractivity contribution in [3.05, 3.63) is 28.8 Å². The summed E-state index contributed by atoms with van der Waals surface area (Å²) in [6, 6.07) is 3.84. The Morgan fingerprint density at radius 1 is 1.50 bits per heavy atom. The van der Waals surface area contributed by atoms with Crippen LogP contribution in [0, 0.1) is 0 Å². The van der Waals surface area contributed by atoms with Gasteiger partial charge in [-0.3, -0.25) is 0 Å². The lowest BCUT2D eigenvalue weighted by molar-refractivity contribution is 0.0596. The first-order chi connectivity index (χ1) is 9.44. The van der Waals surface area contributed by atoms with Crippen LogP contribution >= 0.6 is 11.6 Å². The van der Waals surface area contributed by atoms with Crippen LogP contribution in [0.4, 0.5) is 0 Å². The molecule has 1 aromatic rings. The monoisotopic (exact) mass is 318 g/mol. The minimum atomic E-state index is -3.80. The van der Waals surface area contributed by atoms with Crippen LogP contribution in [0.1, 0.15) is 16.8 Å². The van der Waals surface area contributed by atoms with Crippen LogP contribution in [-0.4, -0.2) is 40.6 Å². The van der Waals surface area contributed by atoms with Gasteiger partial charge in [-0.25, -0.2) is 17.9 Å². The second kappa shape index (κ2) is 6.09. The van der Waals surface area contributed by atoms with E-state index in [0.717, 1.165) is 6.54 Å². The van der Waals surface area contributed by atoms with Gasteiger partial charge in [-0.15, -0.1) is 0 Å². The summed E-state index contributed by atoms with van der Waals surface area (Å²) in [6.45, 7) is 1.33. The van der Waals surface area contributed by atoms with E-state index in [0.29, 0.717) is 13.0 Å². The molecule has 1 unspecified atom stereocenters. The van der Waals surface area contributed by atoms with Crippen molar-refractivity contribution in [1.29, 1.82) is 0 Å². The van der Waals surface area contributed by atoms with E-state index in [-0.39, 0.29) is 21.5 Å². The maximum absolute atomic E-state index is 12.4. The maximum atomic E-state index is 12.4. The Hall–Kier alpha value is -1.15. The number of esters is 1. The number of rotatable bonds is 4. The Morgan fingerprint density at radius 3 is 2.85 bits per heavy atom. The third-order valence-corrected chi connectivity index (χ3v) is 4.83. The van der Waals surface area contributed by atoms with Crippen molar-refractivity contribution in [3.8, 4) is 0 Å². The fraction of sp³-hybridized carbons (Fsp3) is 0.417. The number of nitrogens with one attached hydrogen (secondary N) is 2. The van der Waals surface area contributed by atoms with Crippen LogP contribution in [0.5, 0.6) is 0 Å². The predicted molar refractivity (Wildman–Crippen MR) is 74.4 cm³/mol. The molecule has 1 saturated heterocycles. The zero-order chi connectivity index (χ0) is 14.8. The minimum Gasteiger partial charge on any atom is -0.465 e. The molecule has 0 spiro atoms. The molecule has 0 aliphatic carbocycles. The van der Waals surface area contributed by atoms with Gasteiger partial charge in [0.1, 0.15) is 0 Å². The zero-order valence-electron chi connectivity index (χ0n) is 10.8. The van der Waals surface area contributed by atoms with Crippen LogP contribution in [0.15, 0.2) is 23.1 Å². The number of ether oxygens (including phenoxy) is 1. The number of carbonyl (C=O) groups excluding carboxylic acids is 1. The molecule has 1 fully saturated rings. The fourth-order valence-corrected chi connectivity index (χ4v) is 3.66. The number of sulfonamides is 1. The molecule has 1 aliphatic heterocycles. The van der Waals surface area contributed by atoms with Gasteiger partial charge in [0.2, 0.25) is 10.0 Å². The van der Waals surface area contributed by atoms with Crippen LogP contribution < -0.4 is 10.0 Å². The first-order valence-corrected chi connectivity index (χ1v) is 7.91. The van der Waals surface area contributed by atoms with Crippen molar-refractivity contribution in [3.63, 3.8) is 0 Å². The molecule has 110 valence electrons. The summed E-state index contributed by atoms with van der Waals surface area (Å²) >= 11 is 5.81. The summed E-state index contributed by atoms with van der Waals surface area (Å²) in [5.41, 5.74) is -0.0709. The lowest BCUT2D eigenvalue weighted by Crippen LogP contribution is -2.36. The third-order valence-electron chi connectivity index (χ3n) is 3.02. The minimum absolute atomic E-state index is 0.0709.